The number of hydrogen-bond acceptors (Lipinski definition) is 5. The molecule has 1 fully saturated rings. The molecule has 0 aromatic heterocycles. The predicted octanol–water partition coefficient (Wildman–Crippen LogP) is 4.19. The monoisotopic (exact) mass is 411 g/mol. The highest BCUT2D eigenvalue weighted by molar-refractivity contribution is 5.88. The third-order valence-corrected chi connectivity index (χ3v) is 4.62. The summed E-state index contributed by atoms with van der Waals surface area (Å²) in [4.78, 5) is 15.1. The van der Waals surface area contributed by atoms with Crippen LogP contribution in [0.4, 0.5) is 4.39 Å². The minimum Gasteiger partial charge on any atom is -0.492 e. The van der Waals surface area contributed by atoms with Crippen molar-refractivity contribution >= 4 is 12.2 Å². The smallest absolute Gasteiger partial charge is 0.338 e. The highest BCUT2D eigenvalue weighted by atomic mass is 19.1. The molecular formula is C23H26FN3O3. The third-order valence-electron chi connectivity index (χ3n) is 4.62. The number of carboxylic acid groups (broad SMARTS) is 1. The molecule has 1 aliphatic rings. The van der Waals surface area contributed by atoms with Crippen molar-refractivity contribution in [2.45, 2.75) is 26.8 Å². The van der Waals surface area contributed by atoms with Crippen LogP contribution in [-0.2, 0) is 11.3 Å². The third kappa shape index (κ3) is 5.47. The number of aliphatic imine (C=N–C) groups is 1. The second-order valence-corrected chi connectivity index (χ2v) is 6.71. The Balaban J connectivity index is 2.31. The number of ether oxygens (including phenoxy) is 1. The Morgan fingerprint density at radius 3 is 2.80 bits per heavy atom. The number of nitrogens with two attached hydrogens (primary N) is 1. The summed E-state index contributed by atoms with van der Waals surface area (Å²) in [5.41, 5.74) is 8.84. The molecule has 0 saturated carbocycles. The molecule has 0 unspecified atom stereocenters. The predicted molar refractivity (Wildman–Crippen MR) is 116 cm³/mol. The molecular weight excluding hydrogens is 385 g/mol. The Labute approximate surface area is 175 Å². The van der Waals surface area contributed by atoms with Gasteiger partial charge < -0.3 is 20.9 Å². The summed E-state index contributed by atoms with van der Waals surface area (Å²) in [6.45, 7) is 11.9. The first kappa shape index (κ1) is 22.7. The summed E-state index contributed by atoms with van der Waals surface area (Å²) in [6.07, 6.45) is 5.74. The van der Waals surface area contributed by atoms with Crippen LogP contribution in [0.2, 0.25) is 0 Å². The lowest BCUT2D eigenvalue weighted by Gasteiger charge is -2.14. The minimum absolute atomic E-state index is 0.152. The summed E-state index contributed by atoms with van der Waals surface area (Å²) in [5.74, 6) is -1.12. The zero-order valence-corrected chi connectivity index (χ0v) is 17.2. The van der Waals surface area contributed by atoms with E-state index in [4.69, 9.17) is 15.6 Å². The van der Waals surface area contributed by atoms with Gasteiger partial charge in [-0.25, -0.2) is 14.2 Å². The van der Waals surface area contributed by atoms with E-state index in [1.54, 1.807) is 24.4 Å². The molecule has 158 valence electrons. The van der Waals surface area contributed by atoms with Gasteiger partial charge in [-0.1, -0.05) is 31.4 Å². The van der Waals surface area contributed by atoms with Crippen molar-refractivity contribution in [3.8, 4) is 0 Å². The van der Waals surface area contributed by atoms with Gasteiger partial charge in [-0.15, -0.1) is 0 Å². The highest BCUT2D eigenvalue weighted by Crippen LogP contribution is 2.32. The molecule has 1 aliphatic heterocycles. The maximum absolute atomic E-state index is 14.4. The summed E-state index contributed by atoms with van der Waals surface area (Å²) in [7, 11) is 0. The standard InChI is InChI=1S/C23H26FN3O3/c1-5-18(14(2)9-11-26-16(4)25)22-19(10-12-30-22)15(3)27-13-17-7-6-8-20(21(17)24)23(28)29/h5-9,11,27H,1,4,10,12-13,25H2,2-3H3,(H,28,29)/b14-9+,19-15+,22-18-,26-11-. The van der Waals surface area contributed by atoms with Crippen LogP contribution < -0.4 is 11.1 Å². The first-order chi connectivity index (χ1) is 14.3. The SMILES string of the molecule is C=CC(=C1/OCC/C1=C(/C)NCc1cccc(C(=O)O)c1F)/C(C)=C/C=N\C(=C)N. The number of allylic oxidation sites excluding steroid dienone is 6. The van der Waals surface area contributed by atoms with Crippen molar-refractivity contribution < 1.29 is 19.0 Å². The number of hydrogen-bond donors (Lipinski definition) is 3. The van der Waals surface area contributed by atoms with Crippen LogP contribution in [0.5, 0.6) is 0 Å². The summed E-state index contributed by atoms with van der Waals surface area (Å²) < 4.78 is 20.2. The van der Waals surface area contributed by atoms with Crippen LogP contribution in [0.15, 0.2) is 82.5 Å². The summed E-state index contributed by atoms with van der Waals surface area (Å²) in [5, 5.41) is 12.3. The Kier molecular flexibility index (Phi) is 7.75. The number of rotatable bonds is 8. The van der Waals surface area contributed by atoms with E-state index in [0.29, 0.717) is 18.8 Å². The molecule has 0 bridgehead atoms. The first-order valence-corrected chi connectivity index (χ1v) is 9.36. The van der Waals surface area contributed by atoms with E-state index in [0.717, 1.165) is 22.4 Å². The normalized spacial score (nSPS) is 17.5. The fourth-order valence-corrected chi connectivity index (χ4v) is 3.04. The van der Waals surface area contributed by atoms with Gasteiger partial charge in [0.15, 0.2) is 0 Å². The maximum atomic E-state index is 14.4. The Morgan fingerprint density at radius 1 is 1.43 bits per heavy atom. The second-order valence-electron chi connectivity index (χ2n) is 6.71. The molecule has 1 aromatic carbocycles. The molecule has 2 rings (SSSR count). The number of nitrogens with one attached hydrogen (secondary N) is 1. The number of nitrogens with zero attached hydrogens (tertiary/aromatic N) is 1. The molecule has 6 nitrogen and oxygen atoms in total. The number of carbonyl (C=O) groups is 1. The van der Waals surface area contributed by atoms with Gasteiger partial charge in [-0.05, 0) is 31.6 Å². The Bertz CT molecular complexity index is 987. The average molecular weight is 411 g/mol. The maximum Gasteiger partial charge on any atom is 0.338 e. The number of halogens is 1. The number of carboxylic acids is 1. The van der Waals surface area contributed by atoms with Crippen molar-refractivity contribution in [3.05, 3.63) is 94.4 Å². The van der Waals surface area contributed by atoms with Gasteiger partial charge >= 0.3 is 5.97 Å². The molecule has 0 spiro atoms. The summed E-state index contributed by atoms with van der Waals surface area (Å²) >= 11 is 0. The van der Waals surface area contributed by atoms with Crippen LogP contribution in [0.3, 0.4) is 0 Å². The Morgan fingerprint density at radius 2 is 2.17 bits per heavy atom. The second kappa shape index (κ2) is 10.2. The van der Waals surface area contributed by atoms with Gasteiger partial charge in [0.2, 0.25) is 0 Å². The van der Waals surface area contributed by atoms with Crippen LogP contribution in [-0.4, -0.2) is 23.9 Å². The summed E-state index contributed by atoms with van der Waals surface area (Å²) in [6, 6.07) is 4.33. The molecule has 1 heterocycles. The van der Waals surface area contributed by atoms with Crippen molar-refractivity contribution in [2.24, 2.45) is 10.7 Å². The van der Waals surface area contributed by atoms with Crippen LogP contribution in [0.1, 0.15) is 36.2 Å². The molecule has 0 radical (unpaired) electrons. The molecule has 7 heteroatoms. The highest BCUT2D eigenvalue weighted by Gasteiger charge is 2.22. The molecule has 0 aliphatic carbocycles. The van der Waals surface area contributed by atoms with E-state index < -0.39 is 11.8 Å². The van der Waals surface area contributed by atoms with Crippen molar-refractivity contribution in [3.63, 3.8) is 0 Å². The molecule has 1 saturated heterocycles. The van der Waals surface area contributed by atoms with Gasteiger partial charge in [-0.3, -0.25) is 0 Å². The van der Waals surface area contributed by atoms with Gasteiger partial charge in [0, 0.05) is 41.6 Å². The Hall–Kier alpha value is -3.61. The molecule has 4 N–H and O–H groups in total. The van der Waals surface area contributed by atoms with E-state index >= 15 is 0 Å². The molecule has 0 atom stereocenters. The van der Waals surface area contributed by atoms with Crippen LogP contribution in [0, 0.1) is 5.82 Å². The van der Waals surface area contributed by atoms with Crippen LogP contribution in [0.25, 0.3) is 0 Å². The van der Waals surface area contributed by atoms with E-state index in [-0.39, 0.29) is 23.5 Å². The van der Waals surface area contributed by atoms with Gasteiger partial charge in [0.25, 0.3) is 0 Å². The van der Waals surface area contributed by atoms with E-state index in [1.165, 1.54) is 12.1 Å². The number of benzene rings is 1. The number of aromatic carboxylic acids is 1. The minimum atomic E-state index is -1.29. The lowest BCUT2D eigenvalue weighted by Crippen LogP contribution is -2.15. The molecule has 1 aromatic rings. The van der Waals surface area contributed by atoms with Gasteiger partial charge in [-0.2, -0.15) is 0 Å². The first-order valence-electron chi connectivity index (χ1n) is 9.36. The lowest BCUT2D eigenvalue weighted by atomic mass is 10.0. The van der Waals surface area contributed by atoms with Crippen molar-refractivity contribution in [2.75, 3.05) is 6.61 Å². The quantitative estimate of drug-likeness (QED) is 0.557. The van der Waals surface area contributed by atoms with Gasteiger partial charge in [0.1, 0.15) is 17.4 Å². The van der Waals surface area contributed by atoms with Crippen LogP contribution >= 0.6 is 0 Å². The molecule has 0 amide bonds. The zero-order chi connectivity index (χ0) is 22.3. The zero-order valence-electron chi connectivity index (χ0n) is 17.2. The fraction of sp³-hybridized carbons (Fsp3) is 0.217. The average Bonchev–Trinajstić information content (AvgIpc) is 3.16. The van der Waals surface area contributed by atoms with Gasteiger partial charge in [0.05, 0.1) is 12.2 Å². The topological polar surface area (TPSA) is 96.9 Å². The van der Waals surface area contributed by atoms with E-state index in [1.807, 2.05) is 13.8 Å². The fourth-order valence-electron chi connectivity index (χ4n) is 3.04. The van der Waals surface area contributed by atoms with Crippen molar-refractivity contribution in [1.82, 2.24) is 5.32 Å². The molecule has 30 heavy (non-hydrogen) atoms. The lowest BCUT2D eigenvalue weighted by molar-refractivity contribution is 0.0691. The van der Waals surface area contributed by atoms with Crippen molar-refractivity contribution in [1.29, 1.82) is 0 Å². The largest absolute Gasteiger partial charge is 0.492 e. The van der Waals surface area contributed by atoms with E-state index in [9.17, 15) is 9.18 Å². The van der Waals surface area contributed by atoms with E-state index in [2.05, 4.69) is 23.5 Å².